The van der Waals surface area contributed by atoms with Crippen molar-refractivity contribution in [3.8, 4) is 0 Å². The monoisotopic (exact) mass is 379 g/mol. The summed E-state index contributed by atoms with van der Waals surface area (Å²) in [5.41, 5.74) is 8.54. The highest BCUT2D eigenvalue weighted by atomic mass is 35.5. The minimum Gasteiger partial charge on any atom is -0.352 e. The number of anilines is 1. The van der Waals surface area contributed by atoms with Crippen LogP contribution in [0.1, 0.15) is 49.0 Å². The standard InChI is InChI=1S/C20H29N3O2.ClH/c1-11(2)10-22-19(24)15-6-7-16(12(3)8-15)23-20(25)17-13-4-5-14(9-13)18(17)21;/h6-8,11,13-14,17-18H,4-5,9-10,21H2,1-3H3,(H,22,24)(H,23,25);1H. The number of aryl methyl sites for hydroxylation is 1. The SMILES string of the molecule is Cc1cc(C(=O)NCC(C)C)ccc1NC(=O)C1C2CCC(C2)C1N.Cl. The lowest BCUT2D eigenvalue weighted by molar-refractivity contribution is -0.121. The average molecular weight is 380 g/mol. The predicted molar refractivity (Wildman–Crippen MR) is 107 cm³/mol. The number of nitrogens with two attached hydrogens (primary N) is 1. The summed E-state index contributed by atoms with van der Waals surface area (Å²) in [5, 5.41) is 5.94. The highest BCUT2D eigenvalue weighted by Gasteiger charge is 2.49. The number of nitrogens with one attached hydrogen (secondary N) is 2. The molecule has 2 aliphatic rings. The average Bonchev–Trinajstić information content (AvgIpc) is 3.15. The van der Waals surface area contributed by atoms with Crippen LogP contribution in [0.2, 0.25) is 0 Å². The van der Waals surface area contributed by atoms with Crippen molar-refractivity contribution in [3.63, 3.8) is 0 Å². The smallest absolute Gasteiger partial charge is 0.251 e. The number of benzene rings is 1. The minimum atomic E-state index is -0.0789. The molecule has 4 N–H and O–H groups in total. The van der Waals surface area contributed by atoms with Gasteiger partial charge in [-0.3, -0.25) is 9.59 Å². The second kappa shape index (κ2) is 8.40. The lowest BCUT2D eigenvalue weighted by atomic mass is 9.84. The second-order valence-corrected chi connectivity index (χ2v) is 8.06. The molecule has 5 nitrogen and oxygen atoms in total. The topological polar surface area (TPSA) is 84.2 Å². The van der Waals surface area contributed by atoms with E-state index in [1.807, 2.05) is 19.1 Å². The van der Waals surface area contributed by atoms with E-state index in [2.05, 4.69) is 24.5 Å². The van der Waals surface area contributed by atoms with Gasteiger partial charge in [-0.15, -0.1) is 12.4 Å². The van der Waals surface area contributed by atoms with Gasteiger partial charge >= 0.3 is 0 Å². The highest BCUT2D eigenvalue weighted by molar-refractivity contribution is 5.97. The Labute approximate surface area is 161 Å². The molecule has 2 saturated carbocycles. The second-order valence-electron chi connectivity index (χ2n) is 8.06. The summed E-state index contributed by atoms with van der Waals surface area (Å²) in [6, 6.07) is 5.39. The van der Waals surface area contributed by atoms with Gasteiger partial charge in [-0.25, -0.2) is 0 Å². The van der Waals surface area contributed by atoms with Crippen molar-refractivity contribution >= 4 is 29.9 Å². The molecule has 2 amide bonds. The Morgan fingerprint density at radius 3 is 2.50 bits per heavy atom. The highest BCUT2D eigenvalue weighted by Crippen LogP contribution is 2.47. The fraction of sp³-hybridized carbons (Fsp3) is 0.600. The quantitative estimate of drug-likeness (QED) is 0.734. The van der Waals surface area contributed by atoms with Crippen molar-refractivity contribution in [2.24, 2.45) is 29.4 Å². The van der Waals surface area contributed by atoms with Gasteiger partial charge in [0, 0.05) is 23.8 Å². The molecule has 3 rings (SSSR count). The molecule has 0 spiro atoms. The number of hydrogen-bond acceptors (Lipinski definition) is 3. The zero-order valence-corrected chi connectivity index (χ0v) is 16.6. The molecule has 4 unspecified atom stereocenters. The van der Waals surface area contributed by atoms with E-state index in [4.69, 9.17) is 5.73 Å². The molecule has 4 atom stereocenters. The molecule has 0 saturated heterocycles. The summed E-state index contributed by atoms with van der Waals surface area (Å²) in [6.45, 7) is 6.68. The molecular weight excluding hydrogens is 350 g/mol. The van der Waals surface area contributed by atoms with Gasteiger partial charge in [0.2, 0.25) is 5.91 Å². The molecule has 1 aromatic carbocycles. The van der Waals surface area contributed by atoms with Crippen LogP contribution in [-0.4, -0.2) is 24.4 Å². The van der Waals surface area contributed by atoms with Gasteiger partial charge in [0.15, 0.2) is 0 Å². The van der Waals surface area contributed by atoms with Crippen molar-refractivity contribution in [2.45, 2.75) is 46.1 Å². The zero-order valence-electron chi connectivity index (χ0n) is 15.7. The maximum Gasteiger partial charge on any atom is 0.251 e. The van der Waals surface area contributed by atoms with Gasteiger partial charge in [0.25, 0.3) is 5.91 Å². The van der Waals surface area contributed by atoms with Gasteiger partial charge in [-0.05, 0) is 67.7 Å². The van der Waals surface area contributed by atoms with E-state index < -0.39 is 0 Å². The lowest BCUT2D eigenvalue weighted by Crippen LogP contribution is -2.42. The van der Waals surface area contributed by atoms with Crippen molar-refractivity contribution in [1.29, 1.82) is 0 Å². The maximum atomic E-state index is 12.7. The Morgan fingerprint density at radius 2 is 1.92 bits per heavy atom. The van der Waals surface area contributed by atoms with E-state index in [1.54, 1.807) is 6.07 Å². The van der Waals surface area contributed by atoms with Crippen molar-refractivity contribution < 1.29 is 9.59 Å². The maximum absolute atomic E-state index is 12.7. The summed E-state index contributed by atoms with van der Waals surface area (Å²) in [5.74, 6) is 1.22. The first-order valence-electron chi connectivity index (χ1n) is 9.32. The molecule has 6 heteroatoms. The molecule has 0 heterocycles. The number of halogens is 1. The number of fused-ring (bicyclic) bond motifs is 2. The first-order valence-corrected chi connectivity index (χ1v) is 9.32. The fourth-order valence-corrected chi connectivity index (χ4v) is 4.28. The van der Waals surface area contributed by atoms with Crippen molar-refractivity contribution in [2.75, 3.05) is 11.9 Å². The number of amides is 2. The van der Waals surface area contributed by atoms with Crippen molar-refractivity contribution in [3.05, 3.63) is 29.3 Å². The molecular formula is C20H30ClN3O2. The van der Waals surface area contributed by atoms with Crippen LogP contribution in [0.25, 0.3) is 0 Å². The van der Waals surface area contributed by atoms with E-state index in [0.717, 1.165) is 30.5 Å². The molecule has 2 fully saturated rings. The number of rotatable bonds is 5. The normalized spacial score (nSPS) is 26.5. The van der Waals surface area contributed by atoms with Gasteiger partial charge in [0.1, 0.15) is 0 Å². The third-order valence-corrected chi connectivity index (χ3v) is 5.70. The first-order chi connectivity index (χ1) is 11.9. The van der Waals surface area contributed by atoms with E-state index in [9.17, 15) is 9.59 Å². The van der Waals surface area contributed by atoms with E-state index in [0.29, 0.717) is 29.9 Å². The molecule has 2 aliphatic carbocycles. The molecule has 2 bridgehead atoms. The van der Waals surface area contributed by atoms with Gasteiger partial charge in [-0.2, -0.15) is 0 Å². The van der Waals surface area contributed by atoms with E-state index in [1.165, 1.54) is 0 Å². The Bertz CT molecular complexity index is 675. The molecule has 0 aromatic heterocycles. The number of carbonyl (C=O) groups is 2. The minimum absolute atomic E-state index is 0. The first kappa shape index (κ1) is 20.7. The summed E-state index contributed by atoms with van der Waals surface area (Å²) < 4.78 is 0. The van der Waals surface area contributed by atoms with Crippen LogP contribution < -0.4 is 16.4 Å². The molecule has 1 aromatic rings. The van der Waals surface area contributed by atoms with Gasteiger partial charge < -0.3 is 16.4 Å². The summed E-state index contributed by atoms with van der Waals surface area (Å²) in [4.78, 5) is 24.9. The lowest BCUT2D eigenvalue weighted by Gasteiger charge is -2.27. The Hall–Kier alpha value is -1.59. The van der Waals surface area contributed by atoms with E-state index >= 15 is 0 Å². The van der Waals surface area contributed by atoms with Crippen LogP contribution in [-0.2, 0) is 4.79 Å². The third-order valence-electron chi connectivity index (χ3n) is 5.70. The van der Waals surface area contributed by atoms with Crippen LogP contribution in [0.5, 0.6) is 0 Å². The third kappa shape index (κ3) is 4.21. The number of hydrogen-bond donors (Lipinski definition) is 3. The summed E-state index contributed by atoms with van der Waals surface area (Å²) >= 11 is 0. The zero-order chi connectivity index (χ0) is 18.1. The Kier molecular flexibility index (Phi) is 6.69. The molecule has 0 radical (unpaired) electrons. The van der Waals surface area contributed by atoms with Crippen LogP contribution >= 0.6 is 12.4 Å². The molecule has 26 heavy (non-hydrogen) atoms. The predicted octanol–water partition coefficient (Wildman–Crippen LogP) is 3.11. The summed E-state index contributed by atoms with van der Waals surface area (Å²) in [6.07, 6.45) is 3.37. The summed E-state index contributed by atoms with van der Waals surface area (Å²) in [7, 11) is 0. The van der Waals surface area contributed by atoms with Gasteiger partial charge in [-0.1, -0.05) is 13.8 Å². The number of carbonyl (C=O) groups excluding carboxylic acids is 2. The van der Waals surface area contributed by atoms with Crippen LogP contribution in [0.3, 0.4) is 0 Å². The Balaban J connectivity index is 0.00000243. The molecule has 0 aliphatic heterocycles. The van der Waals surface area contributed by atoms with Crippen LogP contribution in [0.4, 0.5) is 5.69 Å². The Morgan fingerprint density at radius 1 is 1.23 bits per heavy atom. The van der Waals surface area contributed by atoms with Crippen molar-refractivity contribution in [1.82, 2.24) is 5.32 Å². The largest absolute Gasteiger partial charge is 0.352 e. The van der Waals surface area contributed by atoms with E-state index in [-0.39, 0.29) is 36.2 Å². The molecule has 144 valence electrons. The van der Waals surface area contributed by atoms with Gasteiger partial charge in [0.05, 0.1) is 5.92 Å². The van der Waals surface area contributed by atoms with Crippen LogP contribution in [0, 0.1) is 30.6 Å². The fourth-order valence-electron chi connectivity index (χ4n) is 4.28. The van der Waals surface area contributed by atoms with Crippen LogP contribution in [0.15, 0.2) is 18.2 Å².